The monoisotopic (exact) mass is 190 g/mol. The van der Waals surface area contributed by atoms with Crippen LogP contribution in [0, 0.1) is 13.8 Å². The second kappa shape index (κ2) is 4.09. The van der Waals surface area contributed by atoms with Crippen LogP contribution in [0.15, 0.2) is 12.3 Å². The van der Waals surface area contributed by atoms with Crippen molar-refractivity contribution in [3.8, 4) is 0 Å². The van der Waals surface area contributed by atoms with Crippen LogP contribution in [-0.4, -0.2) is 18.1 Å². The highest BCUT2D eigenvalue weighted by atomic mass is 14.9. The Labute approximate surface area is 85.7 Å². The van der Waals surface area contributed by atoms with Crippen LogP contribution in [-0.2, 0) is 0 Å². The fourth-order valence-corrected chi connectivity index (χ4v) is 2.24. The van der Waals surface area contributed by atoms with Crippen LogP contribution in [0.1, 0.15) is 35.6 Å². The Morgan fingerprint density at radius 3 is 2.71 bits per heavy atom. The maximum Gasteiger partial charge on any atom is 0.0404 e. The molecule has 0 atom stereocenters. The topological polar surface area (TPSA) is 24.9 Å². The third kappa shape index (κ3) is 1.80. The molecule has 1 aromatic rings. The zero-order chi connectivity index (χ0) is 9.97. The molecule has 0 aromatic carbocycles. The SMILES string of the molecule is Cc1nccc(C2CCNCC2)c1C. The Morgan fingerprint density at radius 1 is 1.29 bits per heavy atom. The number of pyridine rings is 1. The van der Waals surface area contributed by atoms with Crippen molar-refractivity contribution >= 4 is 0 Å². The average molecular weight is 190 g/mol. The molecule has 0 spiro atoms. The van der Waals surface area contributed by atoms with Crippen molar-refractivity contribution in [2.75, 3.05) is 13.1 Å². The zero-order valence-corrected chi connectivity index (χ0v) is 9.01. The highest BCUT2D eigenvalue weighted by Gasteiger charge is 2.17. The van der Waals surface area contributed by atoms with E-state index in [2.05, 4.69) is 30.2 Å². The summed E-state index contributed by atoms with van der Waals surface area (Å²) in [6.07, 6.45) is 4.48. The predicted molar refractivity (Wildman–Crippen MR) is 58.6 cm³/mol. The summed E-state index contributed by atoms with van der Waals surface area (Å²) in [5, 5.41) is 3.40. The lowest BCUT2D eigenvalue weighted by Gasteiger charge is -2.24. The summed E-state index contributed by atoms with van der Waals surface area (Å²) in [5.41, 5.74) is 4.08. The van der Waals surface area contributed by atoms with Gasteiger partial charge in [-0.3, -0.25) is 4.98 Å². The van der Waals surface area contributed by atoms with E-state index in [1.54, 1.807) is 0 Å². The van der Waals surface area contributed by atoms with E-state index in [1.165, 1.54) is 29.7 Å². The smallest absolute Gasteiger partial charge is 0.0404 e. The van der Waals surface area contributed by atoms with E-state index in [-0.39, 0.29) is 0 Å². The molecule has 1 aliphatic heterocycles. The number of nitrogens with one attached hydrogen (secondary N) is 1. The Balaban J connectivity index is 2.26. The van der Waals surface area contributed by atoms with E-state index in [0.717, 1.165) is 19.0 Å². The van der Waals surface area contributed by atoms with Crippen molar-refractivity contribution in [2.24, 2.45) is 0 Å². The number of hydrogen-bond donors (Lipinski definition) is 1. The molecule has 76 valence electrons. The van der Waals surface area contributed by atoms with E-state index >= 15 is 0 Å². The largest absolute Gasteiger partial charge is 0.317 e. The van der Waals surface area contributed by atoms with Crippen molar-refractivity contribution in [2.45, 2.75) is 32.6 Å². The molecule has 2 rings (SSSR count). The van der Waals surface area contributed by atoms with Crippen LogP contribution in [0.2, 0.25) is 0 Å². The summed E-state index contributed by atoms with van der Waals surface area (Å²) in [7, 11) is 0. The van der Waals surface area contributed by atoms with Crippen LogP contribution in [0.5, 0.6) is 0 Å². The fourth-order valence-electron chi connectivity index (χ4n) is 2.24. The number of rotatable bonds is 1. The molecule has 0 unspecified atom stereocenters. The van der Waals surface area contributed by atoms with E-state index in [4.69, 9.17) is 0 Å². The average Bonchev–Trinajstić information content (AvgIpc) is 2.23. The lowest BCUT2D eigenvalue weighted by Crippen LogP contribution is -2.27. The molecule has 1 saturated heterocycles. The van der Waals surface area contributed by atoms with Gasteiger partial charge in [-0.05, 0) is 62.9 Å². The second-order valence-electron chi connectivity index (χ2n) is 4.13. The molecular weight excluding hydrogens is 172 g/mol. The van der Waals surface area contributed by atoms with Crippen LogP contribution in [0.25, 0.3) is 0 Å². The third-order valence-corrected chi connectivity index (χ3v) is 3.28. The predicted octanol–water partition coefficient (Wildman–Crippen LogP) is 2.17. The fraction of sp³-hybridized carbons (Fsp3) is 0.583. The first-order valence-electron chi connectivity index (χ1n) is 5.42. The highest BCUT2D eigenvalue weighted by molar-refractivity contribution is 5.31. The van der Waals surface area contributed by atoms with E-state index < -0.39 is 0 Å². The molecule has 1 aliphatic rings. The molecule has 0 saturated carbocycles. The van der Waals surface area contributed by atoms with Gasteiger partial charge in [-0.2, -0.15) is 0 Å². The van der Waals surface area contributed by atoms with Gasteiger partial charge in [0.05, 0.1) is 0 Å². The van der Waals surface area contributed by atoms with Crippen LogP contribution >= 0.6 is 0 Å². The molecule has 0 amide bonds. The summed E-state index contributed by atoms with van der Waals surface area (Å²) in [6.45, 7) is 6.61. The van der Waals surface area contributed by atoms with Crippen molar-refractivity contribution in [1.82, 2.24) is 10.3 Å². The van der Waals surface area contributed by atoms with Gasteiger partial charge in [0.1, 0.15) is 0 Å². The number of piperidine rings is 1. The molecule has 0 radical (unpaired) electrons. The Morgan fingerprint density at radius 2 is 2.00 bits per heavy atom. The molecule has 1 N–H and O–H groups in total. The van der Waals surface area contributed by atoms with Crippen LogP contribution < -0.4 is 5.32 Å². The summed E-state index contributed by atoms with van der Waals surface area (Å²) in [6, 6.07) is 2.19. The van der Waals surface area contributed by atoms with E-state index in [1.807, 2.05) is 6.20 Å². The molecule has 2 heteroatoms. The lowest BCUT2D eigenvalue weighted by atomic mass is 9.87. The molecule has 1 aromatic heterocycles. The van der Waals surface area contributed by atoms with Gasteiger partial charge in [-0.1, -0.05) is 0 Å². The summed E-state index contributed by atoms with van der Waals surface area (Å²) in [4.78, 5) is 4.32. The Kier molecular flexibility index (Phi) is 2.82. The molecule has 2 heterocycles. The maximum atomic E-state index is 4.32. The van der Waals surface area contributed by atoms with Gasteiger partial charge in [0.25, 0.3) is 0 Å². The third-order valence-electron chi connectivity index (χ3n) is 3.28. The summed E-state index contributed by atoms with van der Waals surface area (Å²) in [5.74, 6) is 0.748. The molecule has 0 aliphatic carbocycles. The van der Waals surface area contributed by atoms with E-state index in [0.29, 0.717) is 0 Å². The molecule has 1 fully saturated rings. The Hall–Kier alpha value is -0.890. The number of aromatic nitrogens is 1. The first-order chi connectivity index (χ1) is 6.79. The molecular formula is C12H18N2. The van der Waals surface area contributed by atoms with Crippen molar-refractivity contribution in [1.29, 1.82) is 0 Å². The molecule has 0 bridgehead atoms. The van der Waals surface area contributed by atoms with Gasteiger partial charge in [0.15, 0.2) is 0 Å². The first-order valence-corrected chi connectivity index (χ1v) is 5.42. The lowest BCUT2D eigenvalue weighted by molar-refractivity contribution is 0.458. The van der Waals surface area contributed by atoms with Gasteiger partial charge in [-0.15, -0.1) is 0 Å². The molecule has 14 heavy (non-hydrogen) atoms. The van der Waals surface area contributed by atoms with Crippen LogP contribution in [0.4, 0.5) is 0 Å². The number of hydrogen-bond acceptors (Lipinski definition) is 2. The minimum atomic E-state index is 0.748. The standard InChI is InChI=1S/C12H18N2/c1-9-10(2)14-8-5-12(9)11-3-6-13-7-4-11/h5,8,11,13H,3-4,6-7H2,1-2H3. The van der Waals surface area contributed by atoms with Crippen molar-refractivity contribution in [3.05, 3.63) is 29.1 Å². The van der Waals surface area contributed by atoms with Gasteiger partial charge >= 0.3 is 0 Å². The second-order valence-corrected chi connectivity index (χ2v) is 4.13. The Bertz CT molecular complexity index is 314. The quantitative estimate of drug-likeness (QED) is 0.734. The first kappa shape index (κ1) is 9.66. The minimum absolute atomic E-state index is 0.748. The van der Waals surface area contributed by atoms with Crippen LogP contribution in [0.3, 0.4) is 0 Å². The summed E-state index contributed by atoms with van der Waals surface area (Å²) < 4.78 is 0. The van der Waals surface area contributed by atoms with E-state index in [9.17, 15) is 0 Å². The van der Waals surface area contributed by atoms with Crippen molar-refractivity contribution in [3.63, 3.8) is 0 Å². The normalized spacial score (nSPS) is 18.4. The zero-order valence-electron chi connectivity index (χ0n) is 9.01. The minimum Gasteiger partial charge on any atom is -0.317 e. The maximum absolute atomic E-state index is 4.32. The van der Waals surface area contributed by atoms with Gasteiger partial charge < -0.3 is 5.32 Å². The van der Waals surface area contributed by atoms with Gasteiger partial charge in [0, 0.05) is 11.9 Å². The van der Waals surface area contributed by atoms with Gasteiger partial charge in [0.2, 0.25) is 0 Å². The van der Waals surface area contributed by atoms with Crippen molar-refractivity contribution < 1.29 is 0 Å². The molecule has 2 nitrogen and oxygen atoms in total. The summed E-state index contributed by atoms with van der Waals surface area (Å²) >= 11 is 0. The highest BCUT2D eigenvalue weighted by Crippen LogP contribution is 2.28. The number of nitrogens with zero attached hydrogens (tertiary/aromatic N) is 1. The van der Waals surface area contributed by atoms with Gasteiger partial charge in [-0.25, -0.2) is 0 Å². The number of aryl methyl sites for hydroxylation is 1.